The minimum Gasteiger partial charge on any atom is -0.394 e. The highest BCUT2D eigenvalue weighted by Gasteiger charge is 2.17. The Kier molecular flexibility index (Phi) is 42.9. The summed E-state index contributed by atoms with van der Waals surface area (Å²) in [6.45, 7) is 4.27. The minimum absolute atomic E-state index is 0.0830. The fourth-order valence-electron chi connectivity index (χ4n) is 6.67. The second-order valence-corrected chi connectivity index (χ2v) is 15.5. The van der Waals surface area contributed by atoms with Crippen LogP contribution in [0.2, 0.25) is 0 Å². The minimum atomic E-state index is -0.873. The van der Waals surface area contributed by atoms with Gasteiger partial charge in [-0.15, -0.1) is 0 Å². The standard InChI is InChI=1S/C49H89NO3/c1-3-5-7-9-11-13-15-17-19-21-23-24-25-27-28-30-32-34-36-38-40-42-44-48(52)47(46-51)50-49(53)45-43-41-39-37-35-33-31-29-26-22-20-18-16-14-12-10-8-6-4-2/h12,14,16,18,27-28,34,36,42,44,47-48,51-52H,3-11,13,15,17,19-26,29-33,35,37-41,43,45-46H2,1-2H3,(H,50,53)/b14-12-,18-16-,28-27+,36-34+,44-42+. The van der Waals surface area contributed by atoms with Gasteiger partial charge in [-0.1, -0.05) is 209 Å². The van der Waals surface area contributed by atoms with Crippen LogP contribution in [-0.2, 0) is 4.79 Å². The average Bonchev–Trinajstić information content (AvgIpc) is 3.16. The van der Waals surface area contributed by atoms with E-state index >= 15 is 0 Å². The monoisotopic (exact) mass is 740 g/mol. The molecule has 3 N–H and O–H groups in total. The Labute approximate surface area is 330 Å². The molecule has 0 aliphatic heterocycles. The van der Waals surface area contributed by atoms with Gasteiger partial charge >= 0.3 is 0 Å². The summed E-state index contributed by atoms with van der Waals surface area (Å²) in [5.74, 6) is -0.0830. The number of carbonyl (C=O) groups is 1. The fraction of sp³-hybridized carbons (Fsp3) is 0.776. The van der Waals surface area contributed by atoms with Gasteiger partial charge in [-0.3, -0.25) is 4.79 Å². The molecule has 0 saturated carbocycles. The molecular formula is C49H89NO3. The van der Waals surface area contributed by atoms with E-state index in [0.717, 1.165) is 38.5 Å². The molecule has 0 aromatic heterocycles. The molecule has 2 unspecified atom stereocenters. The van der Waals surface area contributed by atoms with Crippen LogP contribution in [0.4, 0.5) is 0 Å². The van der Waals surface area contributed by atoms with Crippen LogP contribution < -0.4 is 5.32 Å². The highest BCUT2D eigenvalue weighted by molar-refractivity contribution is 5.76. The van der Waals surface area contributed by atoms with Gasteiger partial charge in [0.15, 0.2) is 0 Å². The first kappa shape index (κ1) is 51.1. The molecule has 0 aromatic carbocycles. The van der Waals surface area contributed by atoms with Gasteiger partial charge in [-0.2, -0.15) is 0 Å². The molecular weight excluding hydrogens is 651 g/mol. The van der Waals surface area contributed by atoms with E-state index in [0.29, 0.717) is 6.42 Å². The zero-order valence-electron chi connectivity index (χ0n) is 35.3. The smallest absolute Gasteiger partial charge is 0.220 e. The number of carbonyl (C=O) groups excluding carboxylic acids is 1. The van der Waals surface area contributed by atoms with Crippen LogP contribution in [0, 0.1) is 0 Å². The zero-order valence-corrected chi connectivity index (χ0v) is 35.3. The molecule has 0 rings (SSSR count). The average molecular weight is 740 g/mol. The number of nitrogens with one attached hydrogen (secondary N) is 1. The quantitative estimate of drug-likeness (QED) is 0.0332. The van der Waals surface area contributed by atoms with Crippen molar-refractivity contribution in [1.82, 2.24) is 5.32 Å². The summed E-state index contributed by atoms with van der Waals surface area (Å²) in [4.78, 5) is 12.4. The van der Waals surface area contributed by atoms with Crippen molar-refractivity contribution >= 4 is 5.91 Å². The van der Waals surface area contributed by atoms with E-state index in [1.165, 1.54) is 167 Å². The molecule has 0 heterocycles. The predicted molar refractivity (Wildman–Crippen MR) is 234 cm³/mol. The second kappa shape index (κ2) is 44.5. The second-order valence-electron chi connectivity index (χ2n) is 15.5. The summed E-state index contributed by atoms with van der Waals surface area (Å²) in [6, 6.07) is -0.649. The Morgan fingerprint density at radius 1 is 0.453 bits per heavy atom. The van der Waals surface area contributed by atoms with Crippen LogP contribution >= 0.6 is 0 Å². The number of unbranched alkanes of at least 4 members (excludes halogenated alkanes) is 27. The van der Waals surface area contributed by atoms with E-state index in [4.69, 9.17) is 0 Å². The molecule has 0 spiro atoms. The van der Waals surface area contributed by atoms with E-state index in [-0.39, 0.29) is 12.5 Å². The predicted octanol–water partition coefficient (Wildman–Crippen LogP) is 14.5. The number of aliphatic hydroxyl groups is 2. The van der Waals surface area contributed by atoms with Crippen LogP contribution in [0.1, 0.15) is 226 Å². The molecule has 4 nitrogen and oxygen atoms in total. The zero-order chi connectivity index (χ0) is 38.6. The van der Waals surface area contributed by atoms with Crippen molar-refractivity contribution < 1.29 is 15.0 Å². The first-order chi connectivity index (χ1) is 26.2. The van der Waals surface area contributed by atoms with Crippen molar-refractivity contribution in [3.05, 3.63) is 60.8 Å². The van der Waals surface area contributed by atoms with Gasteiger partial charge < -0.3 is 15.5 Å². The lowest BCUT2D eigenvalue weighted by atomic mass is 10.0. The Bertz CT molecular complexity index is 888. The Morgan fingerprint density at radius 3 is 1.25 bits per heavy atom. The molecule has 0 aromatic rings. The van der Waals surface area contributed by atoms with Gasteiger partial charge in [0.1, 0.15) is 0 Å². The van der Waals surface area contributed by atoms with Crippen LogP contribution in [-0.4, -0.2) is 34.9 Å². The Morgan fingerprint density at radius 2 is 0.792 bits per heavy atom. The van der Waals surface area contributed by atoms with E-state index in [1.807, 2.05) is 6.08 Å². The molecule has 0 fully saturated rings. The molecule has 0 saturated heterocycles. The highest BCUT2D eigenvalue weighted by atomic mass is 16.3. The Hall–Kier alpha value is -1.91. The summed E-state index contributed by atoms with van der Waals surface area (Å²) < 4.78 is 0. The van der Waals surface area contributed by atoms with Gasteiger partial charge in [0.25, 0.3) is 0 Å². The van der Waals surface area contributed by atoms with Gasteiger partial charge in [0.05, 0.1) is 18.8 Å². The van der Waals surface area contributed by atoms with Crippen molar-refractivity contribution in [3.8, 4) is 0 Å². The van der Waals surface area contributed by atoms with Gasteiger partial charge in [-0.25, -0.2) is 0 Å². The maximum atomic E-state index is 12.4. The van der Waals surface area contributed by atoms with Crippen LogP contribution in [0.5, 0.6) is 0 Å². The SMILES string of the molecule is CCCCC/C=C\C=C/CCCCCCCCCCCCC(=O)NC(CO)C(O)/C=C/CC/C=C/CC/C=C/CCCCCCCCCCCCCC. The lowest BCUT2D eigenvalue weighted by molar-refractivity contribution is -0.123. The fourth-order valence-corrected chi connectivity index (χ4v) is 6.67. The summed E-state index contributed by atoms with van der Waals surface area (Å²) >= 11 is 0. The van der Waals surface area contributed by atoms with Crippen molar-refractivity contribution in [3.63, 3.8) is 0 Å². The van der Waals surface area contributed by atoms with E-state index < -0.39 is 12.1 Å². The van der Waals surface area contributed by atoms with Crippen LogP contribution in [0.15, 0.2) is 60.8 Å². The highest BCUT2D eigenvalue weighted by Crippen LogP contribution is 2.14. The van der Waals surface area contributed by atoms with Crippen molar-refractivity contribution in [1.29, 1.82) is 0 Å². The van der Waals surface area contributed by atoms with E-state index in [1.54, 1.807) is 6.08 Å². The molecule has 0 aliphatic rings. The van der Waals surface area contributed by atoms with Gasteiger partial charge in [0, 0.05) is 6.42 Å². The molecule has 0 aliphatic carbocycles. The molecule has 4 heteroatoms. The summed E-state index contributed by atoms with van der Waals surface area (Å²) in [5.41, 5.74) is 0. The normalized spacial score (nSPS) is 13.5. The molecule has 0 radical (unpaired) electrons. The van der Waals surface area contributed by atoms with Crippen LogP contribution in [0.25, 0.3) is 0 Å². The number of aliphatic hydroxyl groups excluding tert-OH is 2. The number of rotatable bonds is 41. The van der Waals surface area contributed by atoms with E-state index in [2.05, 4.69) is 67.8 Å². The summed E-state index contributed by atoms with van der Waals surface area (Å²) in [6.07, 6.45) is 61.9. The van der Waals surface area contributed by atoms with Gasteiger partial charge in [-0.05, 0) is 70.6 Å². The third-order valence-corrected chi connectivity index (χ3v) is 10.2. The lowest BCUT2D eigenvalue weighted by Crippen LogP contribution is -2.45. The van der Waals surface area contributed by atoms with Crippen molar-refractivity contribution in [2.75, 3.05) is 6.61 Å². The van der Waals surface area contributed by atoms with E-state index in [9.17, 15) is 15.0 Å². The molecule has 53 heavy (non-hydrogen) atoms. The third kappa shape index (κ3) is 41.1. The molecule has 0 bridgehead atoms. The number of hydrogen-bond donors (Lipinski definition) is 3. The van der Waals surface area contributed by atoms with Crippen molar-refractivity contribution in [2.45, 2.75) is 238 Å². The van der Waals surface area contributed by atoms with Crippen molar-refractivity contribution in [2.24, 2.45) is 0 Å². The largest absolute Gasteiger partial charge is 0.394 e. The molecule has 2 atom stereocenters. The molecule has 1 amide bonds. The molecule has 308 valence electrons. The first-order valence-electron chi connectivity index (χ1n) is 23.0. The maximum Gasteiger partial charge on any atom is 0.220 e. The van der Waals surface area contributed by atoms with Gasteiger partial charge in [0.2, 0.25) is 5.91 Å². The lowest BCUT2D eigenvalue weighted by Gasteiger charge is -2.19. The number of hydrogen-bond acceptors (Lipinski definition) is 3. The van der Waals surface area contributed by atoms with Crippen LogP contribution in [0.3, 0.4) is 0 Å². The Balaban J connectivity index is 3.64. The summed E-state index contributed by atoms with van der Waals surface area (Å²) in [7, 11) is 0. The third-order valence-electron chi connectivity index (χ3n) is 10.2. The maximum absolute atomic E-state index is 12.4. The topological polar surface area (TPSA) is 69.6 Å². The number of allylic oxidation sites excluding steroid dienone is 9. The number of amides is 1. The first-order valence-corrected chi connectivity index (χ1v) is 23.0. The summed E-state index contributed by atoms with van der Waals surface area (Å²) in [5, 5.41) is 23.0.